The summed E-state index contributed by atoms with van der Waals surface area (Å²) in [5.74, 6) is 0. The van der Waals surface area contributed by atoms with Gasteiger partial charge in [-0.25, -0.2) is 0 Å². The van der Waals surface area contributed by atoms with Crippen LogP contribution in [-0.4, -0.2) is 18.5 Å². The fourth-order valence-electron chi connectivity index (χ4n) is 2.43. The SMILES string of the molecule is Cc1ccc(CN(C)C(CN)c2cc(Cl)cc(Cl)c2)cc1. The van der Waals surface area contributed by atoms with E-state index >= 15 is 0 Å². The van der Waals surface area contributed by atoms with Gasteiger partial charge in [0.05, 0.1) is 0 Å². The van der Waals surface area contributed by atoms with Crippen LogP contribution in [-0.2, 0) is 6.54 Å². The summed E-state index contributed by atoms with van der Waals surface area (Å²) in [6.45, 7) is 3.43. The molecule has 0 saturated heterocycles. The van der Waals surface area contributed by atoms with E-state index in [0.717, 1.165) is 12.1 Å². The van der Waals surface area contributed by atoms with Crippen molar-refractivity contribution >= 4 is 23.2 Å². The van der Waals surface area contributed by atoms with Crippen LogP contribution in [0.4, 0.5) is 0 Å². The van der Waals surface area contributed by atoms with Crippen molar-refractivity contribution in [3.63, 3.8) is 0 Å². The molecule has 0 heterocycles. The largest absolute Gasteiger partial charge is 0.329 e. The molecule has 0 aliphatic heterocycles. The molecule has 0 aliphatic rings. The zero-order valence-corrected chi connectivity index (χ0v) is 13.8. The fraction of sp³-hybridized carbons (Fsp3) is 0.294. The van der Waals surface area contributed by atoms with Crippen LogP contribution in [0.25, 0.3) is 0 Å². The Balaban J connectivity index is 2.17. The standard InChI is InChI=1S/C17H20Cl2N2/c1-12-3-5-13(6-4-12)11-21(2)17(10-20)14-7-15(18)9-16(19)8-14/h3-9,17H,10-11,20H2,1-2H3. The van der Waals surface area contributed by atoms with E-state index in [1.807, 2.05) is 12.1 Å². The van der Waals surface area contributed by atoms with Crippen molar-refractivity contribution in [2.75, 3.05) is 13.6 Å². The van der Waals surface area contributed by atoms with Crippen molar-refractivity contribution in [3.05, 3.63) is 69.2 Å². The molecule has 2 aromatic rings. The molecule has 112 valence electrons. The maximum atomic E-state index is 6.09. The summed E-state index contributed by atoms with van der Waals surface area (Å²) in [6, 6.07) is 14.2. The minimum atomic E-state index is 0.0857. The summed E-state index contributed by atoms with van der Waals surface area (Å²) >= 11 is 12.2. The first-order chi connectivity index (χ1) is 9.99. The molecule has 1 atom stereocenters. The number of hydrogen-bond acceptors (Lipinski definition) is 2. The first kappa shape index (κ1) is 16.3. The normalized spacial score (nSPS) is 12.7. The highest BCUT2D eigenvalue weighted by Crippen LogP contribution is 2.27. The molecule has 0 amide bonds. The minimum absolute atomic E-state index is 0.0857. The lowest BCUT2D eigenvalue weighted by Crippen LogP contribution is -2.30. The van der Waals surface area contributed by atoms with Gasteiger partial charge in [-0.2, -0.15) is 0 Å². The van der Waals surface area contributed by atoms with Crippen molar-refractivity contribution in [2.45, 2.75) is 19.5 Å². The van der Waals surface area contributed by atoms with Gasteiger partial charge in [-0.1, -0.05) is 53.0 Å². The van der Waals surface area contributed by atoms with Crippen molar-refractivity contribution in [2.24, 2.45) is 5.73 Å². The van der Waals surface area contributed by atoms with E-state index in [1.165, 1.54) is 11.1 Å². The van der Waals surface area contributed by atoms with E-state index in [2.05, 4.69) is 43.1 Å². The molecule has 2 nitrogen and oxygen atoms in total. The molecule has 2 rings (SSSR count). The monoisotopic (exact) mass is 322 g/mol. The summed E-state index contributed by atoms with van der Waals surface area (Å²) in [4.78, 5) is 2.21. The Labute approximate surface area is 136 Å². The van der Waals surface area contributed by atoms with Gasteiger partial charge in [0.1, 0.15) is 0 Å². The Morgan fingerprint density at radius 3 is 2.14 bits per heavy atom. The molecule has 0 aromatic heterocycles. The van der Waals surface area contributed by atoms with Gasteiger partial charge in [-0.3, -0.25) is 4.90 Å². The number of likely N-dealkylation sites (N-methyl/N-ethyl adjacent to an activating group) is 1. The molecule has 0 fully saturated rings. The van der Waals surface area contributed by atoms with Crippen LogP contribution in [0.1, 0.15) is 22.7 Å². The van der Waals surface area contributed by atoms with E-state index in [1.54, 1.807) is 6.07 Å². The number of nitrogens with two attached hydrogens (primary N) is 1. The Morgan fingerprint density at radius 1 is 1.05 bits per heavy atom. The molecule has 0 radical (unpaired) electrons. The van der Waals surface area contributed by atoms with Crippen LogP contribution >= 0.6 is 23.2 Å². The van der Waals surface area contributed by atoms with Gasteiger partial charge in [0.2, 0.25) is 0 Å². The Kier molecular flexibility index (Phi) is 5.65. The van der Waals surface area contributed by atoms with Crippen LogP contribution in [0.2, 0.25) is 10.0 Å². The third-order valence-electron chi connectivity index (χ3n) is 3.58. The molecule has 2 aromatic carbocycles. The minimum Gasteiger partial charge on any atom is -0.329 e. The molecule has 0 saturated carbocycles. The second-order valence-corrected chi connectivity index (χ2v) is 6.23. The average molecular weight is 323 g/mol. The van der Waals surface area contributed by atoms with Crippen LogP contribution in [0, 0.1) is 6.92 Å². The van der Waals surface area contributed by atoms with Gasteiger partial charge in [-0.05, 0) is 43.3 Å². The molecule has 0 spiro atoms. The average Bonchev–Trinajstić information content (AvgIpc) is 2.41. The second-order valence-electron chi connectivity index (χ2n) is 5.35. The van der Waals surface area contributed by atoms with E-state index in [9.17, 15) is 0 Å². The number of aryl methyl sites for hydroxylation is 1. The highest BCUT2D eigenvalue weighted by atomic mass is 35.5. The molecule has 21 heavy (non-hydrogen) atoms. The predicted molar refractivity (Wildman–Crippen MR) is 90.9 cm³/mol. The molecular formula is C17H20Cl2N2. The Hall–Kier alpha value is -1.06. The molecule has 0 aliphatic carbocycles. The lowest BCUT2D eigenvalue weighted by Gasteiger charge is -2.27. The van der Waals surface area contributed by atoms with Gasteiger partial charge < -0.3 is 5.73 Å². The lowest BCUT2D eigenvalue weighted by atomic mass is 10.0. The van der Waals surface area contributed by atoms with E-state index in [4.69, 9.17) is 28.9 Å². The number of rotatable bonds is 5. The summed E-state index contributed by atoms with van der Waals surface area (Å²) in [7, 11) is 2.06. The number of nitrogens with zero attached hydrogens (tertiary/aromatic N) is 1. The lowest BCUT2D eigenvalue weighted by molar-refractivity contribution is 0.242. The third kappa shape index (κ3) is 4.45. The Bertz CT molecular complexity index is 576. The van der Waals surface area contributed by atoms with Crippen molar-refractivity contribution < 1.29 is 0 Å². The number of benzene rings is 2. The van der Waals surface area contributed by atoms with Gasteiger partial charge in [0.25, 0.3) is 0 Å². The number of hydrogen-bond donors (Lipinski definition) is 1. The molecule has 4 heteroatoms. The maximum absolute atomic E-state index is 6.09. The van der Waals surface area contributed by atoms with Crippen LogP contribution in [0.3, 0.4) is 0 Å². The Morgan fingerprint density at radius 2 is 1.62 bits per heavy atom. The quantitative estimate of drug-likeness (QED) is 0.882. The van der Waals surface area contributed by atoms with Gasteiger partial charge in [0, 0.05) is 29.2 Å². The smallest absolute Gasteiger partial charge is 0.0472 e. The van der Waals surface area contributed by atoms with Crippen LogP contribution in [0.5, 0.6) is 0 Å². The maximum Gasteiger partial charge on any atom is 0.0472 e. The molecule has 1 unspecified atom stereocenters. The highest BCUT2D eigenvalue weighted by Gasteiger charge is 2.16. The zero-order chi connectivity index (χ0) is 15.4. The molecule has 2 N–H and O–H groups in total. The summed E-state index contributed by atoms with van der Waals surface area (Å²) < 4.78 is 0. The molecule has 0 bridgehead atoms. The first-order valence-corrected chi connectivity index (χ1v) is 7.67. The topological polar surface area (TPSA) is 29.3 Å². The van der Waals surface area contributed by atoms with Gasteiger partial charge >= 0.3 is 0 Å². The number of halogens is 2. The van der Waals surface area contributed by atoms with Gasteiger partial charge in [0.15, 0.2) is 0 Å². The van der Waals surface area contributed by atoms with Crippen molar-refractivity contribution in [3.8, 4) is 0 Å². The highest BCUT2D eigenvalue weighted by molar-refractivity contribution is 6.34. The summed E-state index contributed by atoms with van der Waals surface area (Å²) in [5.41, 5.74) is 9.52. The fourth-order valence-corrected chi connectivity index (χ4v) is 2.97. The predicted octanol–water partition coefficient (Wildman–Crippen LogP) is 4.43. The summed E-state index contributed by atoms with van der Waals surface area (Å²) in [5, 5.41) is 1.28. The molecular weight excluding hydrogens is 303 g/mol. The zero-order valence-electron chi connectivity index (χ0n) is 12.3. The third-order valence-corrected chi connectivity index (χ3v) is 4.01. The van der Waals surface area contributed by atoms with E-state index < -0.39 is 0 Å². The van der Waals surface area contributed by atoms with Crippen LogP contribution < -0.4 is 5.73 Å². The van der Waals surface area contributed by atoms with Crippen molar-refractivity contribution in [1.82, 2.24) is 4.90 Å². The van der Waals surface area contributed by atoms with E-state index in [0.29, 0.717) is 16.6 Å². The second kappa shape index (κ2) is 7.28. The first-order valence-electron chi connectivity index (χ1n) is 6.91. The van der Waals surface area contributed by atoms with E-state index in [-0.39, 0.29) is 6.04 Å². The summed E-state index contributed by atoms with van der Waals surface area (Å²) in [6.07, 6.45) is 0. The van der Waals surface area contributed by atoms with Gasteiger partial charge in [-0.15, -0.1) is 0 Å². The van der Waals surface area contributed by atoms with Crippen LogP contribution in [0.15, 0.2) is 42.5 Å². The van der Waals surface area contributed by atoms with Crippen molar-refractivity contribution in [1.29, 1.82) is 0 Å².